The molecule has 0 amide bonds. The topological polar surface area (TPSA) is 53.4 Å². The number of aromatic carboxylic acids is 1. The molecule has 0 radical (unpaired) electrons. The van der Waals surface area contributed by atoms with Crippen LogP contribution in [-0.4, -0.2) is 35.3 Å². The lowest BCUT2D eigenvalue weighted by Crippen LogP contribution is -2.45. The van der Waals surface area contributed by atoms with Crippen molar-refractivity contribution in [3.63, 3.8) is 0 Å². The summed E-state index contributed by atoms with van der Waals surface area (Å²) in [5.41, 5.74) is -11.9. The molecule has 0 aliphatic carbocycles. The summed E-state index contributed by atoms with van der Waals surface area (Å²) in [6.45, 7) is -2.13. The average molecular weight is 540 g/mol. The van der Waals surface area contributed by atoms with Crippen molar-refractivity contribution in [1.29, 1.82) is 0 Å². The van der Waals surface area contributed by atoms with Crippen LogP contribution >= 0.6 is 0 Å². The molecule has 4 nitrogen and oxygen atoms in total. The highest BCUT2D eigenvalue weighted by Crippen LogP contribution is 2.50. The van der Waals surface area contributed by atoms with Gasteiger partial charge in [-0.05, 0) is 42.3 Å². The molecule has 2 aromatic rings. The van der Waals surface area contributed by atoms with E-state index < -0.39 is 89.4 Å². The molecule has 3 rings (SSSR count). The number of rotatable bonds is 3. The molecule has 1 atom stereocenters. The van der Waals surface area contributed by atoms with Crippen molar-refractivity contribution in [1.82, 2.24) is 4.98 Å². The third kappa shape index (κ3) is 5.02. The number of hydrogen-bond donors (Lipinski definition) is 1. The van der Waals surface area contributed by atoms with Gasteiger partial charge in [0.05, 0.1) is 16.7 Å². The Morgan fingerprint density at radius 1 is 0.833 bits per heavy atom. The number of aromatic nitrogens is 1. The zero-order chi connectivity index (χ0) is 27.5. The van der Waals surface area contributed by atoms with Crippen molar-refractivity contribution in [3.05, 3.63) is 58.3 Å². The summed E-state index contributed by atoms with van der Waals surface area (Å²) in [6, 6.07) is 0.607. The fourth-order valence-corrected chi connectivity index (χ4v) is 3.88. The molecule has 198 valence electrons. The number of pyridine rings is 1. The van der Waals surface area contributed by atoms with Gasteiger partial charge >= 0.3 is 30.7 Å². The number of carbonyl (C=O) groups is 1. The van der Waals surface area contributed by atoms with Crippen LogP contribution in [0.1, 0.15) is 39.2 Å². The number of nitrogens with zero attached hydrogens (tertiary/aromatic N) is 2. The summed E-state index contributed by atoms with van der Waals surface area (Å²) < 4.78 is 162. The molecule has 0 spiro atoms. The molecule has 1 aliphatic rings. The zero-order valence-electron chi connectivity index (χ0n) is 17.3. The summed E-state index contributed by atoms with van der Waals surface area (Å²) in [6.07, 6.45) is -22.7. The minimum absolute atomic E-state index is 0.0751. The number of alkyl halides is 12. The van der Waals surface area contributed by atoms with Crippen molar-refractivity contribution in [2.45, 2.75) is 36.5 Å². The van der Waals surface area contributed by atoms with Crippen LogP contribution in [0.3, 0.4) is 0 Å². The Hall–Kier alpha value is -3.20. The summed E-state index contributed by atoms with van der Waals surface area (Å²) in [5.74, 6) is -2.82. The molecule has 1 aliphatic heterocycles. The van der Waals surface area contributed by atoms with Gasteiger partial charge in [-0.2, -0.15) is 52.7 Å². The van der Waals surface area contributed by atoms with E-state index in [4.69, 9.17) is 5.11 Å². The van der Waals surface area contributed by atoms with Gasteiger partial charge in [0.1, 0.15) is 11.2 Å². The highest BCUT2D eigenvalue weighted by atomic mass is 19.4. The number of hydrogen-bond acceptors (Lipinski definition) is 3. The Bertz CT molecular complexity index is 1130. The first-order chi connectivity index (χ1) is 16.2. The maximum Gasteiger partial charge on any atom is 0.434 e. The van der Waals surface area contributed by atoms with Crippen LogP contribution in [0, 0.1) is 0 Å². The van der Waals surface area contributed by atoms with Crippen LogP contribution in [-0.2, 0) is 23.9 Å². The van der Waals surface area contributed by atoms with Crippen LogP contribution < -0.4 is 4.90 Å². The number of carboxylic acids is 1. The second-order valence-corrected chi connectivity index (χ2v) is 7.91. The Kier molecular flexibility index (Phi) is 6.42. The Morgan fingerprint density at radius 2 is 1.36 bits per heavy atom. The van der Waals surface area contributed by atoms with Gasteiger partial charge in [-0.3, -0.25) is 0 Å². The van der Waals surface area contributed by atoms with Crippen LogP contribution in [0.25, 0.3) is 0 Å². The van der Waals surface area contributed by atoms with Crippen LogP contribution in [0.15, 0.2) is 30.3 Å². The van der Waals surface area contributed by atoms with E-state index in [1.54, 1.807) is 0 Å². The number of halogens is 12. The third-order valence-corrected chi connectivity index (χ3v) is 5.66. The lowest BCUT2D eigenvalue weighted by Gasteiger charge is -2.33. The lowest BCUT2D eigenvalue weighted by molar-refractivity contribution is -0.185. The van der Waals surface area contributed by atoms with Gasteiger partial charge in [-0.15, -0.1) is 0 Å². The maximum atomic E-state index is 14.2. The minimum Gasteiger partial charge on any atom is -0.478 e. The fraction of sp³-hybridized carbons (Fsp3) is 0.400. The normalized spacial score (nSPS) is 19.6. The van der Waals surface area contributed by atoms with Crippen LogP contribution in [0.5, 0.6) is 0 Å². The van der Waals surface area contributed by atoms with Gasteiger partial charge in [0.2, 0.25) is 0 Å². The summed E-state index contributed by atoms with van der Waals surface area (Å²) in [5, 5.41) is 8.92. The Labute approximate surface area is 193 Å². The van der Waals surface area contributed by atoms with Gasteiger partial charge in [0.15, 0.2) is 5.69 Å². The molecule has 16 heteroatoms. The monoisotopic (exact) mass is 540 g/mol. The minimum atomic E-state index is -5.43. The van der Waals surface area contributed by atoms with E-state index in [-0.39, 0.29) is 18.2 Å². The Morgan fingerprint density at radius 3 is 1.78 bits per heavy atom. The summed E-state index contributed by atoms with van der Waals surface area (Å²) in [7, 11) is 0. The van der Waals surface area contributed by atoms with Gasteiger partial charge in [0, 0.05) is 13.1 Å². The van der Waals surface area contributed by atoms with E-state index in [2.05, 4.69) is 4.98 Å². The molecule has 1 fully saturated rings. The molecule has 1 N–H and O–H groups in total. The molecule has 36 heavy (non-hydrogen) atoms. The van der Waals surface area contributed by atoms with E-state index in [9.17, 15) is 57.5 Å². The quantitative estimate of drug-likeness (QED) is 0.449. The van der Waals surface area contributed by atoms with E-state index in [0.717, 1.165) is 0 Å². The molecule has 1 unspecified atom stereocenters. The van der Waals surface area contributed by atoms with E-state index in [0.29, 0.717) is 17.0 Å². The Balaban J connectivity index is 2.16. The van der Waals surface area contributed by atoms with E-state index in [1.807, 2.05) is 0 Å². The standard InChI is InChI=1S/C20H12F12N2O2/c21-17(22,23)10-5-9(6-11(7-10)18(24,25)26)16(20(30,31)32)3-4-34(8-16)13-2-1-12(15(35)36)14(33-13)19(27,28)29/h1-2,5-7H,3-4,8H2,(H,35,36). The molecular formula is C20H12F12N2O2. The molecule has 1 aromatic carbocycles. The fourth-order valence-electron chi connectivity index (χ4n) is 3.88. The van der Waals surface area contributed by atoms with Crippen molar-refractivity contribution in [3.8, 4) is 0 Å². The first-order valence-electron chi connectivity index (χ1n) is 9.60. The van der Waals surface area contributed by atoms with Gasteiger partial charge in [-0.1, -0.05) is 0 Å². The molecule has 2 heterocycles. The number of anilines is 1. The third-order valence-electron chi connectivity index (χ3n) is 5.66. The highest BCUT2D eigenvalue weighted by Gasteiger charge is 2.60. The SMILES string of the molecule is O=C(O)c1ccc(N2CCC(c3cc(C(F)(F)F)cc(C(F)(F)F)c3)(C(F)(F)F)C2)nc1C(F)(F)F. The second kappa shape index (κ2) is 8.44. The van der Waals surface area contributed by atoms with Crippen LogP contribution in [0.4, 0.5) is 58.5 Å². The predicted molar refractivity (Wildman–Crippen MR) is 97.2 cm³/mol. The van der Waals surface area contributed by atoms with Crippen molar-refractivity contribution < 1.29 is 62.6 Å². The summed E-state index contributed by atoms with van der Waals surface area (Å²) >= 11 is 0. The van der Waals surface area contributed by atoms with Gasteiger partial charge in [0.25, 0.3) is 0 Å². The lowest BCUT2D eigenvalue weighted by atomic mass is 9.77. The van der Waals surface area contributed by atoms with Crippen LogP contribution in [0.2, 0.25) is 0 Å². The first kappa shape index (κ1) is 27.4. The molecule has 0 saturated carbocycles. The predicted octanol–water partition coefficient (Wildman–Crippen LogP) is 6.55. The van der Waals surface area contributed by atoms with Crippen molar-refractivity contribution in [2.75, 3.05) is 18.0 Å². The summed E-state index contributed by atoms with van der Waals surface area (Å²) in [4.78, 5) is 14.7. The highest BCUT2D eigenvalue weighted by molar-refractivity contribution is 5.89. The molecule has 1 saturated heterocycles. The maximum absolute atomic E-state index is 14.2. The molecule has 0 bridgehead atoms. The van der Waals surface area contributed by atoms with E-state index in [1.165, 1.54) is 0 Å². The first-order valence-corrected chi connectivity index (χ1v) is 9.60. The van der Waals surface area contributed by atoms with Crippen molar-refractivity contribution >= 4 is 11.8 Å². The number of carboxylic acid groups (broad SMARTS) is 1. The van der Waals surface area contributed by atoms with Crippen molar-refractivity contribution in [2.24, 2.45) is 0 Å². The molecular weight excluding hydrogens is 528 g/mol. The second-order valence-electron chi connectivity index (χ2n) is 7.91. The van der Waals surface area contributed by atoms with Gasteiger partial charge < -0.3 is 10.0 Å². The smallest absolute Gasteiger partial charge is 0.434 e. The van der Waals surface area contributed by atoms with E-state index >= 15 is 0 Å². The zero-order valence-corrected chi connectivity index (χ0v) is 17.3. The molecule has 1 aromatic heterocycles. The van der Waals surface area contributed by atoms with Gasteiger partial charge in [-0.25, -0.2) is 9.78 Å². The largest absolute Gasteiger partial charge is 0.478 e. The average Bonchev–Trinajstić information content (AvgIpc) is 3.18. The number of benzene rings is 1.